The number of hydrogen-bond acceptors (Lipinski definition) is 2. The van der Waals surface area contributed by atoms with Gasteiger partial charge in [-0.05, 0) is 27.6 Å². The lowest BCUT2D eigenvalue weighted by molar-refractivity contribution is -0.115. The van der Waals surface area contributed by atoms with Crippen LogP contribution in [-0.4, -0.2) is 12.5 Å². The molecule has 0 unspecified atom stereocenters. The molecule has 1 aliphatic rings. The van der Waals surface area contributed by atoms with Crippen LogP contribution in [0.1, 0.15) is 5.56 Å². The molecule has 68 valence electrons. The highest BCUT2D eigenvalue weighted by Crippen LogP contribution is 2.27. The van der Waals surface area contributed by atoms with E-state index in [0.717, 1.165) is 22.3 Å². The summed E-state index contributed by atoms with van der Waals surface area (Å²) >= 11 is 3.40. The van der Waals surface area contributed by atoms with Gasteiger partial charge in [-0.3, -0.25) is 4.79 Å². The Hall–Kier alpha value is -0.870. The number of hydrogen-bond donors (Lipinski definition) is 2. The zero-order valence-corrected chi connectivity index (χ0v) is 8.52. The van der Waals surface area contributed by atoms with Gasteiger partial charge in [0, 0.05) is 11.0 Å². The first-order valence-electron chi connectivity index (χ1n) is 4.05. The van der Waals surface area contributed by atoms with Crippen molar-refractivity contribution in [3.05, 3.63) is 28.2 Å². The molecule has 0 spiro atoms. The standard InChI is InChI=1S/C9H9BrN2O/c10-7-3-1-2-6-4-11-5-8(13)12-9(6)7/h1-3,11H,4-5H2,(H,12,13). The molecule has 0 saturated heterocycles. The summed E-state index contributed by atoms with van der Waals surface area (Å²) in [5.41, 5.74) is 2.00. The van der Waals surface area contributed by atoms with E-state index in [0.29, 0.717) is 6.54 Å². The Kier molecular flexibility index (Phi) is 2.33. The number of carbonyl (C=O) groups excluding carboxylic acids is 1. The van der Waals surface area contributed by atoms with Crippen molar-refractivity contribution >= 4 is 27.5 Å². The number of fused-ring (bicyclic) bond motifs is 1. The van der Waals surface area contributed by atoms with E-state index >= 15 is 0 Å². The van der Waals surface area contributed by atoms with E-state index < -0.39 is 0 Å². The molecule has 0 saturated carbocycles. The van der Waals surface area contributed by atoms with Gasteiger partial charge in [-0.25, -0.2) is 0 Å². The van der Waals surface area contributed by atoms with E-state index in [9.17, 15) is 4.79 Å². The van der Waals surface area contributed by atoms with E-state index in [1.807, 2.05) is 18.2 Å². The van der Waals surface area contributed by atoms with E-state index in [4.69, 9.17) is 0 Å². The van der Waals surface area contributed by atoms with Gasteiger partial charge < -0.3 is 10.6 Å². The van der Waals surface area contributed by atoms with Crippen molar-refractivity contribution < 1.29 is 4.79 Å². The van der Waals surface area contributed by atoms with Gasteiger partial charge in [0.05, 0.1) is 12.2 Å². The van der Waals surface area contributed by atoms with Gasteiger partial charge in [-0.1, -0.05) is 12.1 Å². The minimum absolute atomic E-state index is 0.00523. The van der Waals surface area contributed by atoms with Gasteiger partial charge in [-0.15, -0.1) is 0 Å². The number of para-hydroxylation sites is 1. The molecular formula is C9H9BrN2O. The largest absolute Gasteiger partial charge is 0.324 e. The molecule has 3 nitrogen and oxygen atoms in total. The fraction of sp³-hybridized carbons (Fsp3) is 0.222. The zero-order valence-electron chi connectivity index (χ0n) is 6.93. The van der Waals surface area contributed by atoms with Crippen LogP contribution < -0.4 is 10.6 Å². The second kappa shape index (κ2) is 3.47. The summed E-state index contributed by atoms with van der Waals surface area (Å²) in [6, 6.07) is 5.88. The molecule has 1 amide bonds. The quantitative estimate of drug-likeness (QED) is 0.722. The predicted molar refractivity (Wildman–Crippen MR) is 54.5 cm³/mol. The molecule has 0 aromatic heterocycles. The highest BCUT2D eigenvalue weighted by molar-refractivity contribution is 9.10. The molecule has 1 aromatic rings. The van der Waals surface area contributed by atoms with Crippen LogP contribution in [0.4, 0.5) is 5.69 Å². The third kappa shape index (κ3) is 1.73. The maximum atomic E-state index is 11.2. The summed E-state index contributed by atoms with van der Waals surface area (Å²) in [4.78, 5) is 11.2. The van der Waals surface area contributed by atoms with Crippen LogP contribution in [-0.2, 0) is 11.3 Å². The van der Waals surface area contributed by atoms with Crippen molar-refractivity contribution in [3.8, 4) is 0 Å². The monoisotopic (exact) mass is 240 g/mol. The second-order valence-electron chi connectivity index (χ2n) is 2.93. The maximum Gasteiger partial charge on any atom is 0.238 e. The Labute approximate surface area is 84.6 Å². The van der Waals surface area contributed by atoms with E-state index in [1.54, 1.807) is 0 Å². The van der Waals surface area contributed by atoms with Gasteiger partial charge in [0.15, 0.2) is 0 Å². The predicted octanol–water partition coefficient (Wildman–Crippen LogP) is 1.49. The van der Waals surface area contributed by atoms with E-state index in [1.165, 1.54) is 0 Å². The lowest BCUT2D eigenvalue weighted by Gasteiger charge is -2.07. The van der Waals surface area contributed by atoms with Gasteiger partial charge in [-0.2, -0.15) is 0 Å². The summed E-state index contributed by atoms with van der Waals surface area (Å²) in [6.07, 6.45) is 0. The maximum absolute atomic E-state index is 11.2. The molecule has 1 heterocycles. The average Bonchev–Trinajstić information content (AvgIpc) is 2.28. The topological polar surface area (TPSA) is 41.1 Å². The van der Waals surface area contributed by atoms with Crippen LogP contribution in [0.15, 0.2) is 22.7 Å². The lowest BCUT2D eigenvalue weighted by atomic mass is 10.2. The van der Waals surface area contributed by atoms with Crippen LogP contribution in [0.5, 0.6) is 0 Å². The van der Waals surface area contributed by atoms with Crippen molar-refractivity contribution in [2.75, 3.05) is 11.9 Å². The molecule has 1 aromatic carbocycles. The summed E-state index contributed by atoms with van der Waals surface area (Å²) in [7, 11) is 0. The SMILES string of the molecule is O=C1CNCc2cccc(Br)c2N1. The summed E-state index contributed by atoms with van der Waals surface area (Å²) < 4.78 is 0.932. The van der Waals surface area contributed by atoms with Gasteiger partial charge in [0.2, 0.25) is 5.91 Å². The molecular weight excluding hydrogens is 232 g/mol. The second-order valence-corrected chi connectivity index (χ2v) is 3.78. The molecule has 2 N–H and O–H groups in total. The first kappa shape index (κ1) is 8.72. The Morgan fingerprint density at radius 2 is 2.15 bits per heavy atom. The number of rotatable bonds is 0. The minimum Gasteiger partial charge on any atom is -0.324 e. The number of carbonyl (C=O) groups is 1. The van der Waals surface area contributed by atoms with Crippen molar-refractivity contribution in [2.24, 2.45) is 0 Å². The fourth-order valence-corrected chi connectivity index (χ4v) is 1.86. The number of nitrogens with one attached hydrogen (secondary N) is 2. The normalized spacial score (nSPS) is 15.9. The van der Waals surface area contributed by atoms with Crippen molar-refractivity contribution in [2.45, 2.75) is 6.54 Å². The molecule has 0 radical (unpaired) electrons. The van der Waals surface area contributed by atoms with Crippen LogP contribution >= 0.6 is 15.9 Å². The van der Waals surface area contributed by atoms with Crippen LogP contribution in [0, 0.1) is 0 Å². The number of halogens is 1. The molecule has 0 fully saturated rings. The van der Waals surface area contributed by atoms with Gasteiger partial charge in [0.1, 0.15) is 0 Å². The first-order valence-corrected chi connectivity index (χ1v) is 4.84. The number of benzene rings is 1. The Bertz CT molecular complexity index is 351. The van der Waals surface area contributed by atoms with Gasteiger partial charge >= 0.3 is 0 Å². The third-order valence-electron chi connectivity index (χ3n) is 1.97. The fourth-order valence-electron chi connectivity index (χ4n) is 1.35. The van der Waals surface area contributed by atoms with Crippen LogP contribution in [0.3, 0.4) is 0 Å². The molecule has 4 heteroatoms. The lowest BCUT2D eigenvalue weighted by Crippen LogP contribution is -2.23. The molecule has 0 atom stereocenters. The summed E-state index contributed by atoms with van der Waals surface area (Å²) in [5, 5.41) is 5.89. The number of anilines is 1. The Balaban J connectivity index is 2.46. The molecule has 1 aliphatic heterocycles. The number of amides is 1. The minimum atomic E-state index is 0.00523. The van der Waals surface area contributed by atoms with E-state index in [-0.39, 0.29) is 5.91 Å². The summed E-state index contributed by atoms with van der Waals surface area (Å²) in [6.45, 7) is 1.11. The molecule has 0 aliphatic carbocycles. The molecule has 13 heavy (non-hydrogen) atoms. The van der Waals surface area contributed by atoms with Crippen molar-refractivity contribution in [1.29, 1.82) is 0 Å². The first-order chi connectivity index (χ1) is 6.27. The summed E-state index contributed by atoms with van der Waals surface area (Å²) in [5.74, 6) is 0.00523. The smallest absolute Gasteiger partial charge is 0.238 e. The van der Waals surface area contributed by atoms with Crippen LogP contribution in [0.2, 0.25) is 0 Å². The Morgan fingerprint density at radius 1 is 1.31 bits per heavy atom. The molecule has 2 rings (SSSR count). The highest BCUT2D eigenvalue weighted by Gasteiger charge is 2.13. The average molecular weight is 241 g/mol. The van der Waals surface area contributed by atoms with Gasteiger partial charge in [0.25, 0.3) is 0 Å². The zero-order chi connectivity index (χ0) is 9.26. The van der Waals surface area contributed by atoms with Crippen LogP contribution in [0.25, 0.3) is 0 Å². The third-order valence-corrected chi connectivity index (χ3v) is 2.63. The highest BCUT2D eigenvalue weighted by atomic mass is 79.9. The van der Waals surface area contributed by atoms with Crippen molar-refractivity contribution in [1.82, 2.24) is 5.32 Å². The molecule has 0 bridgehead atoms. The Morgan fingerprint density at radius 3 is 3.00 bits per heavy atom. The van der Waals surface area contributed by atoms with Crippen molar-refractivity contribution in [3.63, 3.8) is 0 Å². The van der Waals surface area contributed by atoms with E-state index in [2.05, 4.69) is 26.6 Å².